The largest absolute Gasteiger partial charge is 0.508 e. The van der Waals surface area contributed by atoms with Gasteiger partial charge in [-0.3, -0.25) is 62.5 Å². The number of hydrogen-bond donors (Lipinski definition) is 16. The molecule has 0 saturated carbocycles. The lowest BCUT2D eigenvalue weighted by Crippen LogP contribution is -2.62. The minimum Gasteiger partial charge on any atom is -0.508 e. The van der Waals surface area contributed by atoms with Crippen LogP contribution >= 0.6 is 11.8 Å². The number of aliphatic carboxylic acids is 1. The van der Waals surface area contributed by atoms with Crippen LogP contribution in [0.4, 0.5) is 0 Å². The standard InChI is InChI=1S/C59H91N15O15S/c1-30(2)26-41(53(83)73-47(34(7)75)56(86)71-43(29-45(61)77)57(87)74-24-13-17-44(74)54(84)65-32(5)48(78)66-33(6)58(88)89)70-55(85)46(31(3)4)72-51(81)40(22-25-90-8)68-50(80)39(16-12-23-64-59(62)63)67-52(82)42(28-36-18-20-37(76)21-19-36)69-49(79)38(60)27-35-14-10-9-11-15-35/h9-11,14-15,18-21,30-34,38-44,46-47,75-76H,12-13,16-17,22-29,60H2,1-8H3,(H2,61,77)(H,65,84)(H,66,78)(H,67,82)(H,68,80)(H,69,79)(H,70,85)(H,71,86)(H,72,81)(H,73,83)(H,88,89)(H4,62,63,64)/t32-,33-,34+,38-,39-,40-,41-,42-,43-,44-,46-,47-/m0/s1. The third-order valence-electron chi connectivity index (χ3n) is 14.5. The molecule has 1 aliphatic heterocycles. The number of thioether (sulfide) groups is 1. The first kappa shape index (κ1) is 75.7. The van der Waals surface area contributed by atoms with Gasteiger partial charge in [-0.1, -0.05) is 70.2 Å². The Bertz CT molecular complexity index is 2830. The van der Waals surface area contributed by atoms with Crippen LogP contribution in [0.1, 0.15) is 105 Å². The molecule has 0 aliphatic carbocycles. The van der Waals surface area contributed by atoms with Crippen LogP contribution in [0.15, 0.2) is 59.6 Å². The number of aliphatic imine (C=N–C) groups is 1. The quantitative estimate of drug-likeness (QED) is 0.0179. The number of nitrogens with zero attached hydrogens (tertiary/aromatic N) is 2. The van der Waals surface area contributed by atoms with Crippen LogP contribution in [0.2, 0.25) is 0 Å². The molecule has 498 valence electrons. The number of aliphatic hydroxyl groups is 1. The summed E-state index contributed by atoms with van der Waals surface area (Å²) >= 11 is 1.35. The fourth-order valence-corrected chi connectivity index (χ4v) is 9.96. The maximum Gasteiger partial charge on any atom is 0.325 e. The molecule has 11 amide bonds. The fraction of sp³-hybridized carbons (Fsp3) is 0.576. The number of benzene rings is 2. The smallest absolute Gasteiger partial charge is 0.325 e. The molecule has 90 heavy (non-hydrogen) atoms. The summed E-state index contributed by atoms with van der Waals surface area (Å²) in [5.41, 5.74) is 24.2. The summed E-state index contributed by atoms with van der Waals surface area (Å²) in [6.07, 6.45) is -0.186. The Kier molecular flexibility index (Phi) is 31.5. The van der Waals surface area contributed by atoms with E-state index in [9.17, 15) is 67.7 Å². The van der Waals surface area contributed by atoms with E-state index in [0.717, 1.165) is 17.4 Å². The topological polar surface area (TPSA) is 493 Å². The number of primary amides is 1. The van der Waals surface area contributed by atoms with Crippen molar-refractivity contribution in [3.8, 4) is 5.75 Å². The van der Waals surface area contributed by atoms with Crippen LogP contribution in [0.25, 0.3) is 0 Å². The van der Waals surface area contributed by atoms with Crippen molar-refractivity contribution in [2.24, 2.45) is 39.8 Å². The van der Waals surface area contributed by atoms with E-state index in [0.29, 0.717) is 11.3 Å². The lowest BCUT2D eigenvalue weighted by Gasteiger charge is -2.31. The predicted molar refractivity (Wildman–Crippen MR) is 334 cm³/mol. The van der Waals surface area contributed by atoms with E-state index < -0.39 is 156 Å². The van der Waals surface area contributed by atoms with Crippen molar-refractivity contribution < 1.29 is 72.9 Å². The fourth-order valence-electron chi connectivity index (χ4n) is 9.49. The molecule has 2 aromatic rings. The van der Waals surface area contributed by atoms with Crippen molar-refractivity contribution in [3.63, 3.8) is 0 Å². The second-order valence-electron chi connectivity index (χ2n) is 22.9. The first-order valence-corrected chi connectivity index (χ1v) is 31.1. The number of likely N-dealkylation sites (tertiary alicyclic amines) is 1. The number of aliphatic hydroxyl groups excluding tert-OH is 1. The molecule has 1 heterocycles. The Labute approximate surface area is 527 Å². The number of carboxylic acids is 1. The van der Waals surface area contributed by atoms with Crippen LogP contribution in [-0.2, 0) is 70.4 Å². The van der Waals surface area contributed by atoms with Gasteiger partial charge in [-0.2, -0.15) is 11.8 Å². The average Bonchev–Trinajstić information content (AvgIpc) is 2.52. The molecule has 1 fully saturated rings. The zero-order valence-electron chi connectivity index (χ0n) is 52.1. The van der Waals surface area contributed by atoms with Crippen molar-refractivity contribution in [1.82, 2.24) is 52.8 Å². The Morgan fingerprint density at radius 2 is 1.14 bits per heavy atom. The summed E-state index contributed by atoms with van der Waals surface area (Å²) in [5.74, 6) is -11.9. The van der Waals surface area contributed by atoms with Crippen molar-refractivity contribution in [2.45, 2.75) is 179 Å². The van der Waals surface area contributed by atoms with Crippen molar-refractivity contribution in [3.05, 3.63) is 65.7 Å². The lowest BCUT2D eigenvalue weighted by atomic mass is 9.99. The number of carbonyl (C=O) groups is 12. The summed E-state index contributed by atoms with van der Waals surface area (Å²) in [6, 6.07) is -0.215. The molecular weight excluding hydrogens is 1190 g/mol. The van der Waals surface area contributed by atoms with E-state index in [-0.39, 0.29) is 82.1 Å². The van der Waals surface area contributed by atoms with Gasteiger partial charge in [0.25, 0.3) is 0 Å². The van der Waals surface area contributed by atoms with Crippen LogP contribution < -0.4 is 70.8 Å². The lowest BCUT2D eigenvalue weighted by molar-refractivity contribution is -0.144. The number of nitrogens with one attached hydrogen (secondary N) is 9. The number of carboxylic acid groups (broad SMARTS) is 1. The molecule has 31 heteroatoms. The molecule has 3 rings (SSSR count). The molecule has 1 aliphatic rings. The molecule has 12 atom stereocenters. The molecule has 2 aromatic carbocycles. The second kappa shape index (κ2) is 37.4. The van der Waals surface area contributed by atoms with E-state index in [1.807, 2.05) is 6.07 Å². The average molecular weight is 1280 g/mol. The third kappa shape index (κ3) is 25.5. The summed E-state index contributed by atoms with van der Waals surface area (Å²) in [7, 11) is 0. The number of aromatic hydroxyl groups is 1. The Morgan fingerprint density at radius 3 is 1.71 bits per heavy atom. The van der Waals surface area contributed by atoms with Crippen LogP contribution in [0, 0.1) is 11.8 Å². The normalized spacial score (nSPS) is 16.5. The highest BCUT2D eigenvalue weighted by molar-refractivity contribution is 7.98. The Hall–Kier alpha value is -8.58. The molecular formula is C59H91N15O15S. The summed E-state index contributed by atoms with van der Waals surface area (Å²) in [5, 5.41) is 53.0. The van der Waals surface area contributed by atoms with E-state index in [1.54, 1.807) is 70.3 Å². The monoisotopic (exact) mass is 1280 g/mol. The maximum atomic E-state index is 14.4. The maximum absolute atomic E-state index is 14.4. The van der Waals surface area contributed by atoms with Crippen LogP contribution in [-0.4, -0.2) is 195 Å². The van der Waals surface area contributed by atoms with E-state index >= 15 is 0 Å². The van der Waals surface area contributed by atoms with Gasteiger partial charge in [-0.25, -0.2) is 0 Å². The highest BCUT2D eigenvalue weighted by Gasteiger charge is 2.41. The first-order chi connectivity index (χ1) is 42.3. The molecule has 0 radical (unpaired) electrons. The van der Waals surface area contributed by atoms with E-state index in [4.69, 9.17) is 28.0 Å². The van der Waals surface area contributed by atoms with Gasteiger partial charge in [0.05, 0.1) is 18.6 Å². The van der Waals surface area contributed by atoms with Gasteiger partial charge in [0.15, 0.2) is 5.96 Å². The minimum absolute atomic E-state index is 0.0239. The zero-order chi connectivity index (χ0) is 67.5. The number of carbonyl (C=O) groups excluding carboxylic acids is 11. The number of guanidine groups is 1. The number of hydrogen-bond acceptors (Lipinski definition) is 17. The summed E-state index contributed by atoms with van der Waals surface area (Å²) in [4.78, 5) is 168. The molecule has 20 N–H and O–H groups in total. The molecule has 0 bridgehead atoms. The number of rotatable bonds is 37. The van der Waals surface area contributed by atoms with Crippen molar-refractivity contribution in [2.75, 3.05) is 25.1 Å². The number of phenolic OH excluding ortho intramolecular Hbond substituents is 1. The Morgan fingerprint density at radius 1 is 0.611 bits per heavy atom. The number of amides is 11. The second-order valence-corrected chi connectivity index (χ2v) is 23.9. The van der Waals surface area contributed by atoms with Gasteiger partial charge in [0.2, 0.25) is 65.0 Å². The molecule has 0 spiro atoms. The van der Waals surface area contributed by atoms with Crippen molar-refractivity contribution in [1.29, 1.82) is 0 Å². The first-order valence-electron chi connectivity index (χ1n) is 29.7. The van der Waals surface area contributed by atoms with Gasteiger partial charge in [-0.05, 0) is 113 Å². The molecule has 1 saturated heterocycles. The van der Waals surface area contributed by atoms with Crippen LogP contribution in [0.3, 0.4) is 0 Å². The predicted octanol–water partition coefficient (Wildman–Crippen LogP) is -3.25. The van der Waals surface area contributed by atoms with E-state index in [2.05, 4.69) is 52.8 Å². The van der Waals surface area contributed by atoms with Gasteiger partial charge < -0.3 is 91.0 Å². The SMILES string of the molecule is CSCC[C@H](NC(=O)[C@H](CCCN=C(N)N)NC(=O)[C@H](Cc1ccc(O)cc1)NC(=O)[C@@H](N)Cc1ccccc1)C(=O)N[C@H](C(=O)N[C@@H](CC(C)C)C(=O)N[C@H](C(=O)N[C@@H](CC(N)=O)C(=O)N1CCC[C@H]1C(=O)N[C@@H](C)C(=O)N[C@@H](C)C(=O)O)[C@@H](C)O)C(C)C. The minimum atomic E-state index is -1.83. The molecule has 30 nitrogen and oxygen atoms in total. The molecule has 0 unspecified atom stereocenters. The van der Waals surface area contributed by atoms with Gasteiger partial charge >= 0.3 is 5.97 Å². The highest BCUT2D eigenvalue weighted by Crippen LogP contribution is 2.21. The van der Waals surface area contributed by atoms with Gasteiger partial charge in [-0.15, -0.1) is 0 Å². The number of nitrogens with two attached hydrogens (primary N) is 4. The highest BCUT2D eigenvalue weighted by atomic mass is 32.2. The number of phenols is 1. The van der Waals surface area contributed by atoms with E-state index in [1.165, 1.54) is 37.7 Å². The summed E-state index contributed by atoms with van der Waals surface area (Å²) < 4.78 is 0. The Balaban J connectivity index is 1.86. The van der Waals surface area contributed by atoms with Gasteiger partial charge in [0.1, 0.15) is 66.2 Å². The van der Waals surface area contributed by atoms with Gasteiger partial charge in [0, 0.05) is 19.5 Å². The van der Waals surface area contributed by atoms with Crippen LogP contribution in [0.5, 0.6) is 5.75 Å². The molecule has 0 aromatic heterocycles. The zero-order valence-corrected chi connectivity index (χ0v) is 52.9. The summed E-state index contributed by atoms with van der Waals surface area (Å²) in [6.45, 7) is 10.4. The third-order valence-corrected chi connectivity index (χ3v) is 15.1. The van der Waals surface area contributed by atoms with Crippen molar-refractivity contribution >= 4 is 88.7 Å².